The molecule has 0 unspecified atom stereocenters. The van der Waals surface area contributed by atoms with Gasteiger partial charge < -0.3 is 16.0 Å². The Morgan fingerprint density at radius 3 is 2.20 bits per heavy atom. The number of hydrogen-bond donors (Lipinski definition) is 4. The lowest BCUT2D eigenvalue weighted by molar-refractivity contribution is -0.114. The number of anilines is 1. The van der Waals surface area contributed by atoms with Gasteiger partial charge in [-0.15, -0.1) is 24.8 Å². The Morgan fingerprint density at radius 1 is 0.933 bits per heavy atom. The Labute approximate surface area is 193 Å². The van der Waals surface area contributed by atoms with Crippen molar-refractivity contribution >= 4 is 46.4 Å². The number of carbonyl (C=O) groups excluding carboxylic acids is 1. The fourth-order valence-corrected chi connectivity index (χ4v) is 4.46. The number of unbranched alkanes of at least 4 members (excludes halogenated alkanes) is 1. The molecule has 0 saturated heterocycles. The molecule has 1 fully saturated rings. The number of halogens is 2. The molecule has 7 nitrogen and oxygen atoms in total. The van der Waals surface area contributed by atoms with Crippen LogP contribution in [0.25, 0.3) is 0 Å². The van der Waals surface area contributed by atoms with Gasteiger partial charge in [0.1, 0.15) is 0 Å². The fraction of sp³-hybridized carbons (Fsp3) is 0.650. The van der Waals surface area contributed by atoms with Crippen LogP contribution in [0.2, 0.25) is 0 Å². The first kappa shape index (κ1) is 29.1. The summed E-state index contributed by atoms with van der Waals surface area (Å²) in [5.74, 6) is -0.188. The zero-order chi connectivity index (χ0) is 20.2. The summed E-state index contributed by atoms with van der Waals surface area (Å²) >= 11 is 0. The van der Waals surface area contributed by atoms with Crippen molar-refractivity contribution in [3.05, 3.63) is 24.3 Å². The van der Waals surface area contributed by atoms with Crippen LogP contribution in [0.4, 0.5) is 5.69 Å². The molecule has 30 heavy (non-hydrogen) atoms. The summed E-state index contributed by atoms with van der Waals surface area (Å²) in [5, 5.41) is 9.62. The van der Waals surface area contributed by atoms with Gasteiger partial charge in [0.2, 0.25) is 15.9 Å². The molecule has 1 aromatic carbocycles. The van der Waals surface area contributed by atoms with Crippen LogP contribution < -0.4 is 20.7 Å². The number of amides is 1. The maximum absolute atomic E-state index is 12.3. The minimum atomic E-state index is -3.51. The number of benzene rings is 1. The minimum Gasteiger partial charge on any atom is -0.326 e. The number of hydrogen-bond acceptors (Lipinski definition) is 5. The van der Waals surface area contributed by atoms with Crippen molar-refractivity contribution in [1.82, 2.24) is 15.4 Å². The van der Waals surface area contributed by atoms with Gasteiger partial charge in [0.05, 0.1) is 4.90 Å². The molecule has 2 rings (SSSR count). The molecule has 174 valence electrons. The second kappa shape index (κ2) is 15.8. The first-order valence-electron chi connectivity index (χ1n) is 10.3. The maximum Gasteiger partial charge on any atom is 0.240 e. The van der Waals surface area contributed by atoms with Crippen molar-refractivity contribution < 1.29 is 13.2 Å². The van der Waals surface area contributed by atoms with E-state index in [0.717, 1.165) is 32.5 Å². The topological polar surface area (TPSA) is 99.3 Å². The predicted molar refractivity (Wildman–Crippen MR) is 127 cm³/mol. The molecule has 0 bridgehead atoms. The lowest BCUT2D eigenvalue weighted by Gasteiger charge is -2.22. The standard InChI is InChI=1S/C20H34N4O3S.2ClH/c1-17(25)24-19-9-11-20(12-10-19)28(26,27)23-14-6-5-13-21-15-16-22-18-7-3-2-4-8-18;;/h9-12,18,21-23H,2-8,13-16H2,1H3,(H,24,25);2*1H. The van der Waals surface area contributed by atoms with E-state index in [1.54, 1.807) is 12.1 Å². The number of sulfonamides is 1. The lowest BCUT2D eigenvalue weighted by atomic mass is 9.95. The van der Waals surface area contributed by atoms with Crippen LogP contribution in [0.1, 0.15) is 51.9 Å². The normalized spacial score (nSPS) is 14.4. The van der Waals surface area contributed by atoms with Crippen LogP contribution in [-0.2, 0) is 14.8 Å². The summed E-state index contributed by atoms with van der Waals surface area (Å²) in [5.41, 5.74) is 0.579. The van der Waals surface area contributed by atoms with Crippen molar-refractivity contribution in [2.45, 2.75) is 62.8 Å². The largest absolute Gasteiger partial charge is 0.326 e. The SMILES string of the molecule is CC(=O)Nc1ccc(S(=O)(=O)NCCCCNCCNC2CCCCC2)cc1.Cl.Cl. The van der Waals surface area contributed by atoms with E-state index in [1.807, 2.05) is 0 Å². The van der Waals surface area contributed by atoms with E-state index in [1.165, 1.54) is 51.2 Å². The van der Waals surface area contributed by atoms with Crippen LogP contribution in [-0.4, -0.2) is 46.5 Å². The Bertz CT molecular complexity index is 697. The summed E-state index contributed by atoms with van der Waals surface area (Å²) in [6, 6.07) is 6.85. The van der Waals surface area contributed by atoms with Crippen LogP contribution in [0.15, 0.2) is 29.2 Å². The third kappa shape index (κ3) is 11.5. The van der Waals surface area contributed by atoms with Crippen molar-refractivity contribution in [2.24, 2.45) is 0 Å². The van der Waals surface area contributed by atoms with E-state index in [0.29, 0.717) is 18.3 Å². The highest BCUT2D eigenvalue weighted by Gasteiger charge is 2.13. The molecule has 0 radical (unpaired) electrons. The third-order valence-corrected chi connectivity index (χ3v) is 6.37. The van der Waals surface area contributed by atoms with E-state index in [-0.39, 0.29) is 35.6 Å². The monoisotopic (exact) mass is 482 g/mol. The molecule has 1 aliphatic rings. The second-order valence-electron chi connectivity index (χ2n) is 7.35. The lowest BCUT2D eigenvalue weighted by Crippen LogP contribution is -2.36. The summed E-state index contributed by atoms with van der Waals surface area (Å²) in [6.07, 6.45) is 8.38. The maximum atomic E-state index is 12.3. The van der Waals surface area contributed by atoms with Gasteiger partial charge in [-0.1, -0.05) is 19.3 Å². The molecule has 1 aliphatic carbocycles. The number of carbonyl (C=O) groups is 1. The van der Waals surface area contributed by atoms with E-state index in [4.69, 9.17) is 0 Å². The van der Waals surface area contributed by atoms with Crippen LogP contribution in [0, 0.1) is 0 Å². The highest BCUT2D eigenvalue weighted by Crippen LogP contribution is 2.17. The van der Waals surface area contributed by atoms with Crippen molar-refractivity contribution in [3.8, 4) is 0 Å². The molecule has 1 saturated carbocycles. The number of rotatable bonds is 12. The van der Waals surface area contributed by atoms with E-state index >= 15 is 0 Å². The number of nitrogens with one attached hydrogen (secondary N) is 4. The van der Waals surface area contributed by atoms with Gasteiger partial charge in [0, 0.05) is 38.3 Å². The first-order valence-corrected chi connectivity index (χ1v) is 11.8. The Hall–Kier alpha value is -0.900. The van der Waals surface area contributed by atoms with Gasteiger partial charge in [-0.05, 0) is 56.5 Å². The fourth-order valence-electron chi connectivity index (χ4n) is 3.38. The van der Waals surface area contributed by atoms with Crippen LogP contribution in [0.5, 0.6) is 0 Å². The van der Waals surface area contributed by atoms with Gasteiger partial charge in [0.25, 0.3) is 0 Å². The molecule has 4 N–H and O–H groups in total. The van der Waals surface area contributed by atoms with Crippen LogP contribution in [0.3, 0.4) is 0 Å². The van der Waals surface area contributed by atoms with Crippen molar-refractivity contribution in [3.63, 3.8) is 0 Å². The highest BCUT2D eigenvalue weighted by molar-refractivity contribution is 7.89. The van der Waals surface area contributed by atoms with Gasteiger partial charge in [-0.3, -0.25) is 4.79 Å². The molecule has 1 aromatic rings. The average Bonchev–Trinajstić information content (AvgIpc) is 2.67. The first-order chi connectivity index (χ1) is 13.5. The quantitative estimate of drug-likeness (QED) is 0.343. The Kier molecular flexibility index (Phi) is 15.4. The van der Waals surface area contributed by atoms with Gasteiger partial charge in [-0.25, -0.2) is 13.1 Å². The highest BCUT2D eigenvalue weighted by atomic mass is 35.5. The smallest absolute Gasteiger partial charge is 0.240 e. The predicted octanol–water partition coefficient (Wildman–Crippen LogP) is 3.06. The summed E-state index contributed by atoms with van der Waals surface area (Å²) in [7, 11) is -3.51. The molecular weight excluding hydrogens is 447 g/mol. The third-order valence-electron chi connectivity index (χ3n) is 4.90. The molecule has 10 heteroatoms. The Balaban J connectivity index is 0.00000420. The zero-order valence-electron chi connectivity index (χ0n) is 17.6. The average molecular weight is 484 g/mol. The Morgan fingerprint density at radius 2 is 1.57 bits per heavy atom. The van der Waals surface area contributed by atoms with Gasteiger partial charge >= 0.3 is 0 Å². The summed E-state index contributed by atoms with van der Waals surface area (Å²) in [6.45, 7) is 4.65. The van der Waals surface area contributed by atoms with Crippen molar-refractivity contribution in [1.29, 1.82) is 0 Å². The molecular formula is C20H36Cl2N4O3S. The molecule has 0 aliphatic heterocycles. The van der Waals surface area contributed by atoms with E-state index in [2.05, 4.69) is 20.7 Å². The molecule has 0 aromatic heterocycles. The molecule has 1 amide bonds. The van der Waals surface area contributed by atoms with E-state index in [9.17, 15) is 13.2 Å². The van der Waals surface area contributed by atoms with Gasteiger partial charge in [0.15, 0.2) is 0 Å². The molecule has 0 spiro atoms. The summed E-state index contributed by atoms with van der Waals surface area (Å²) < 4.78 is 27.2. The van der Waals surface area contributed by atoms with E-state index < -0.39 is 10.0 Å². The summed E-state index contributed by atoms with van der Waals surface area (Å²) in [4.78, 5) is 11.2. The minimum absolute atomic E-state index is 0. The van der Waals surface area contributed by atoms with Gasteiger partial charge in [-0.2, -0.15) is 0 Å². The molecule has 0 atom stereocenters. The zero-order valence-corrected chi connectivity index (χ0v) is 20.1. The second-order valence-corrected chi connectivity index (χ2v) is 9.12. The molecule has 0 heterocycles. The van der Waals surface area contributed by atoms with Crippen molar-refractivity contribution in [2.75, 3.05) is 31.5 Å². The van der Waals surface area contributed by atoms with Crippen LogP contribution >= 0.6 is 24.8 Å².